The van der Waals surface area contributed by atoms with Crippen LogP contribution in [0.15, 0.2) is 0 Å². The van der Waals surface area contributed by atoms with Crippen LogP contribution in [0.4, 0.5) is 0 Å². The summed E-state index contributed by atoms with van der Waals surface area (Å²) in [5.41, 5.74) is 0. The summed E-state index contributed by atoms with van der Waals surface area (Å²) in [6.07, 6.45) is 8.45. The lowest BCUT2D eigenvalue weighted by Crippen LogP contribution is -2.03. The van der Waals surface area contributed by atoms with Crippen LogP contribution in [0.2, 0.25) is 0 Å². The maximum atomic E-state index is 2.37. The Hall–Kier alpha value is 0. The summed E-state index contributed by atoms with van der Waals surface area (Å²) in [5, 5.41) is 0. The van der Waals surface area contributed by atoms with Crippen molar-refractivity contribution in [3.63, 3.8) is 0 Å². The van der Waals surface area contributed by atoms with Crippen LogP contribution in [0.1, 0.15) is 108 Å². The first-order chi connectivity index (χ1) is 10.1. The van der Waals surface area contributed by atoms with Gasteiger partial charge in [-0.05, 0) is 35.5 Å². The van der Waals surface area contributed by atoms with Crippen molar-refractivity contribution in [2.75, 3.05) is 0 Å². The van der Waals surface area contributed by atoms with Crippen LogP contribution in [-0.4, -0.2) is 0 Å². The quantitative estimate of drug-likeness (QED) is 0.381. The fourth-order valence-electron chi connectivity index (χ4n) is 2.36. The van der Waals surface area contributed by atoms with E-state index in [0.717, 1.165) is 35.5 Å². The van der Waals surface area contributed by atoms with Crippen LogP contribution >= 0.6 is 0 Å². The van der Waals surface area contributed by atoms with Crippen molar-refractivity contribution in [2.45, 2.75) is 108 Å². The Balaban J connectivity index is 0. The highest BCUT2D eigenvalue weighted by atomic mass is 14.1. The summed E-state index contributed by atoms with van der Waals surface area (Å²) >= 11 is 0. The molecule has 0 saturated carbocycles. The molecular weight excluding hydrogens is 264 g/mol. The molecule has 0 aromatic carbocycles. The van der Waals surface area contributed by atoms with Gasteiger partial charge in [-0.1, -0.05) is 108 Å². The number of hydrogen-bond donors (Lipinski definition) is 0. The van der Waals surface area contributed by atoms with Crippen molar-refractivity contribution in [1.82, 2.24) is 0 Å². The topological polar surface area (TPSA) is 0 Å². The van der Waals surface area contributed by atoms with Crippen LogP contribution in [0.3, 0.4) is 0 Å². The normalized spacial score (nSPS) is 14.5. The van der Waals surface area contributed by atoms with Gasteiger partial charge in [-0.25, -0.2) is 0 Å². The minimum atomic E-state index is 0.863. The Bertz CT molecular complexity index is 188. The van der Waals surface area contributed by atoms with Gasteiger partial charge in [0.1, 0.15) is 0 Å². The molecule has 0 aliphatic heterocycles. The van der Waals surface area contributed by atoms with Gasteiger partial charge in [0.25, 0.3) is 0 Å². The lowest BCUT2D eigenvalue weighted by atomic mass is 9.91. The molecular formula is C22H48. The standard InChI is InChI=1S/2C11H24/c2*1-9(2)7-6-8-11(5)10(3)4/h2*9-11H,6-8H2,1-5H3/t2*11-/m11/s1. The van der Waals surface area contributed by atoms with E-state index in [1.54, 1.807) is 0 Å². The third-order valence-corrected chi connectivity index (χ3v) is 5.16. The zero-order valence-corrected chi connectivity index (χ0v) is 17.7. The van der Waals surface area contributed by atoms with Gasteiger partial charge in [0.2, 0.25) is 0 Å². The minimum absolute atomic E-state index is 0.863. The van der Waals surface area contributed by atoms with Crippen LogP contribution < -0.4 is 0 Å². The van der Waals surface area contributed by atoms with E-state index in [2.05, 4.69) is 69.2 Å². The molecule has 0 aromatic heterocycles. The molecule has 2 atom stereocenters. The summed E-state index contributed by atoms with van der Waals surface area (Å²) in [4.78, 5) is 0. The zero-order chi connectivity index (χ0) is 17.7. The average Bonchev–Trinajstić information content (AvgIpc) is 2.38. The number of rotatable bonds is 10. The molecule has 0 saturated heterocycles. The fraction of sp³-hybridized carbons (Fsp3) is 1.00. The Labute approximate surface area is 143 Å². The smallest absolute Gasteiger partial charge is 0.0420 e. The van der Waals surface area contributed by atoms with Crippen molar-refractivity contribution in [3.8, 4) is 0 Å². The van der Waals surface area contributed by atoms with Crippen LogP contribution in [0, 0.1) is 35.5 Å². The van der Waals surface area contributed by atoms with E-state index < -0.39 is 0 Å². The molecule has 136 valence electrons. The van der Waals surface area contributed by atoms with Crippen molar-refractivity contribution in [1.29, 1.82) is 0 Å². The molecule has 0 rings (SSSR count). The molecule has 0 aliphatic carbocycles. The van der Waals surface area contributed by atoms with Crippen LogP contribution in [-0.2, 0) is 0 Å². The second kappa shape index (κ2) is 14.6. The second-order valence-electron chi connectivity index (χ2n) is 9.09. The van der Waals surface area contributed by atoms with Gasteiger partial charge in [0.15, 0.2) is 0 Å². The van der Waals surface area contributed by atoms with Gasteiger partial charge in [-0.3, -0.25) is 0 Å². The molecule has 0 heterocycles. The van der Waals surface area contributed by atoms with Gasteiger partial charge < -0.3 is 0 Å². The predicted molar refractivity (Wildman–Crippen MR) is 105 cm³/mol. The van der Waals surface area contributed by atoms with E-state index in [4.69, 9.17) is 0 Å². The molecule has 0 unspecified atom stereocenters. The molecule has 0 bridgehead atoms. The Morgan fingerprint density at radius 2 is 0.682 bits per heavy atom. The first-order valence-corrected chi connectivity index (χ1v) is 10.1. The van der Waals surface area contributed by atoms with Crippen LogP contribution in [0.5, 0.6) is 0 Å². The van der Waals surface area contributed by atoms with Gasteiger partial charge in [-0.15, -0.1) is 0 Å². The highest BCUT2D eigenvalue weighted by Gasteiger charge is 2.07. The van der Waals surface area contributed by atoms with Gasteiger partial charge in [0, 0.05) is 0 Å². The first kappa shape index (κ1) is 24.3. The lowest BCUT2D eigenvalue weighted by molar-refractivity contribution is 0.366. The third kappa shape index (κ3) is 18.1. The summed E-state index contributed by atoms with van der Waals surface area (Å²) in [7, 11) is 0. The van der Waals surface area contributed by atoms with Crippen molar-refractivity contribution in [2.24, 2.45) is 35.5 Å². The van der Waals surface area contributed by atoms with Gasteiger partial charge >= 0.3 is 0 Å². The maximum absolute atomic E-state index is 2.37. The summed E-state index contributed by atoms with van der Waals surface area (Å²) < 4.78 is 0. The van der Waals surface area contributed by atoms with Gasteiger partial charge in [0.05, 0.1) is 0 Å². The Morgan fingerprint density at radius 1 is 0.409 bits per heavy atom. The molecule has 0 amide bonds. The zero-order valence-electron chi connectivity index (χ0n) is 17.7. The molecule has 0 spiro atoms. The monoisotopic (exact) mass is 312 g/mol. The number of hydrogen-bond acceptors (Lipinski definition) is 0. The fourth-order valence-corrected chi connectivity index (χ4v) is 2.36. The summed E-state index contributed by atoms with van der Waals surface area (Å²) in [5.74, 6) is 5.32. The largest absolute Gasteiger partial charge is 0.0628 e. The Morgan fingerprint density at radius 3 is 0.864 bits per heavy atom. The summed E-state index contributed by atoms with van der Waals surface area (Å²) in [6.45, 7) is 23.2. The molecule has 0 nitrogen and oxygen atoms in total. The van der Waals surface area contributed by atoms with E-state index in [9.17, 15) is 0 Å². The molecule has 22 heavy (non-hydrogen) atoms. The molecule has 0 radical (unpaired) electrons. The molecule has 0 fully saturated rings. The van der Waals surface area contributed by atoms with Gasteiger partial charge in [-0.2, -0.15) is 0 Å². The van der Waals surface area contributed by atoms with E-state index >= 15 is 0 Å². The van der Waals surface area contributed by atoms with Crippen molar-refractivity contribution < 1.29 is 0 Å². The van der Waals surface area contributed by atoms with E-state index in [1.807, 2.05) is 0 Å². The van der Waals surface area contributed by atoms with Crippen molar-refractivity contribution in [3.05, 3.63) is 0 Å². The van der Waals surface area contributed by atoms with E-state index in [1.165, 1.54) is 38.5 Å². The highest BCUT2D eigenvalue weighted by molar-refractivity contribution is 4.58. The molecule has 0 aromatic rings. The van der Waals surface area contributed by atoms with Crippen molar-refractivity contribution >= 4 is 0 Å². The second-order valence-corrected chi connectivity index (χ2v) is 9.09. The molecule has 0 N–H and O–H groups in total. The highest BCUT2D eigenvalue weighted by Crippen LogP contribution is 2.19. The molecule has 0 heteroatoms. The first-order valence-electron chi connectivity index (χ1n) is 10.1. The van der Waals surface area contributed by atoms with E-state index in [0.29, 0.717) is 0 Å². The maximum Gasteiger partial charge on any atom is -0.0420 e. The Kier molecular flexibility index (Phi) is 16.1. The lowest BCUT2D eigenvalue weighted by Gasteiger charge is -2.15. The third-order valence-electron chi connectivity index (χ3n) is 5.16. The SMILES string of the molecule is CC(C)CCC[C@@H](C)C(C)C.CC(C)CCC[C@@H](C)C(C)C. The van der Waals surface area contributed by atoms with Crippen LogP contribution in [0.25, 0.3) is 0 Å². The van der Waals surface area contributed by atoms with E-state index in [-0.39, 0.29) is 0 Å². The minimum Gasteiger partial charge on any atom is -0.0628 e. The predicted octanol–water partition coefficient (Wildman–Crippen LogP) is 8.21. The average molecular weight is 313 g/mol. The summed E-state index contributed by atoms with van der Waals surface area (Å²) in [6, 6.07) is 0. The molecule has 0 aliphatic rings.